The summed E-state index contributed by atoms with van der Waals surface area (Å²) in [5, 5.41) is 11.4. The van der Waals surface area contributed by atoms with E-state index in [0.717, 1.165) is 50.5 Å². The van der Waals surface area contributed by atoms with Crippen molar-refractivity contribution in [1.29, 1.82) is 0 Å². The van der Waals surface area contributed by atoms with Gasteiger partial charge in [-0.05, 0) is 73.4 Å². The molecule has 1 aliphatic heterocycles. The van der Waals surface area contributed by atoms with Crippen molar-refractivity contribution in [1.82, 2.24) is 21.3 Å². The maximum atomic E-state index is 14.0. The third-order valence-electron chi connectivity index (χ3n) is 9.98. The first-order chi connectivity index (χ1) is 23.4. The number of ketones is 1. The van der Waals surface area contributed by atoms with Crippen molar-refractivity contribution in [3.05, 3.63) is 70.5 Å². The van der Waals surface area contributed by atoms with Gasteiger partial charge in [0.25, 0.3) is 5.91 Å². The minimum absolute atomic E-state index is 0.0322. The zero-order valence-electron chi connectivity index (χ0n) is 28.1. The summed E-state index contributed by atoms with van der Waals surface area (Å²) >= 11 is 6.31. The Morgan fingerprint density at radius 3 is 2.29 bits per heavy atom. The number of hydrogen-bond acceptors (Lipinski definition) is 6. The summed E-state index contributed by atoms with van der Waals surface area (Å²) in [5.74, 6) is -3.32. The highest BCUT2D eigenvalue weighted by Crippen LogP contribution is 2.40. The molecule has 0 bridgehead atoms. The SMILES string of the molecule is CC(C)(c1cccc(Cl)c1)C(OC(=O)NC(CC1CCCCC1)C(=O)NC(C[C@@H]1CCNC1=O)C(=O)C(=O)NC1CC1)c1ccc(F)cc1. The summed E-state index contributed by atoms with van der Waals surface area (Å²) < 4.78 is 20.0. The zero-order chi connectivity index (χ0) is 35.1. The van der Waals surface area contributed by atoms with Gasteiger partial charge in [-0.25, -0.2) is 9.18 Å². The molecule has 3 aliphatic rings. The maximum Gasteiger partial charge on any atom is 0.408 e. The fraction of sp³-hybridized carbons (Fsp3) is 0.541. The first-order valence-corrected chi connectivity index (χ1v) is 17.7. The van der Waals surface area contributed by atoms with Crippen molar-refractivity contribution >= 4 is 41.2 Å². The Balaban J connectivity index is 1.37. The lowest BCUT2D eigenvalue weighted by Gasteiger charge is -2.35. The first kappa shape index (κ1) is 36.3. The highest BCUT2D eigenvalue weighted by Gasteiger charge is 2.39. The van der Waals surface area contributed by atoms with Crippen LogP contribution in [0.15, 0.2) is 48.5 Å². The van der Waals surface area contributed by atoms with Gasteiger partial charge in [-0.3, -0.25) is 19.2 Å². The van der Waals surface area contributed by atoms with E-state index in [1.807, 2.05) is 19.9 Å². The van der Waals surface area contributed by atoms with Gasteiger partial charge >= 0.3 is 6.09 Å². The number of Topliss-reactive ketones (excluding diaryl/α,β-unsaturated/α-hetero) is 1. The van der Waals surface area contributed by atoms with Crippen LogP contribution in [0.5, 0.6) is 0 Å². The highest BCUT2D eigenvalue weighted by atomic mass is 35.5. The topological polar surface area (TPSA) is 143 Å². The predicted molar refractivity (Wildman–Crippen MR) is 182 cm³/mol. The van der Waals surface area contributed by atoms with Gasteiger partial charge in [-0.15, -0.1) is 0 Å². The molecule has 4 amide bonds. The van der Waals surface area contributed by atoms with Crippen molar-refractivity contribution in [2.75, 3.05) is 6.54 Å². The number of carbonyl (C=O) groups excluding carboxylic acids is 5. The molecule has 2 aromatic rings. The quantitative estimate of drug-likeness (QED) is 0.194. The lowest BCUT2D eigenvalue weighted by molar-refractivity contribution is -0.141. The van der Waals surface area contributed by atoms with Crippen LogP contribution in [0.25, 0.3) is 0 Å². The molecule has 2 saturated carbocycles. The van der Waals surface area contributed by atoms with Crippen LogP contribution >= 0.6 is 11.6 Å². The largest absolute Gasteiger partial charge is 0.440 e. The van der Waals surface area contributed by atoms with Crippen molar-refractivity contribution in [3.63, 3.8) is 0 Å². The molecule has 0 radical (unpaired) electrons. The van der Waals surface area contributed by atoms with Crippen LogP contribution in [0, 0.1) is 17.7 Å². The molecule has 49 heavy (non-hydrogen) atoms. The van der Waals surface area contributed by atoms with Crippen LogP contribution in [-0.2, 0) is 29.3 Å². The van der Waals surface area contributed by atoms with Gasteiger partial charge in [0.2, 0.25) is 17.6 Å². The zero-order valence-corrected chi connectivity index (χ0v) is 28.8. The molecule has 264 valence electrons. The summed E-state index contributed by atoms with van der Waals surface area (Å²) in [7, 11) is 0. The summed E-state index contributed by atoms with van der Waals surface area (Å²) in [5.41, 5.74) is 0.479. The Kier molecular flexibility index (Phi) is 12.0. The van der Waals surface area contributed by atoms with Gasteiger partial charge in [0.15, 0.2) is 0 Å². The molecule has 3 unspecified atom stereocenters. The van der Waals surface area contributed by atoms with Gasteiger partial charge in [-0.2, -0.15) is 0 Å². The van der Waals surface area contributed by atoms with E-state index in [1.165, 1.54) is 12.1 Å². The van der Waals surface area contributed by atoms with Crippen molar-refractivity contribution < 1.29 is 33.1 Å². The van der Waals surface area contributed by atoms with Gasteiger partial charge in [-0.1, -0.05) is 81.8 Å². The number of hydrogen-bond donors (Lipinski definition) is 4. The smallest absolute Gasteiger partial charge is 0.408 e. The number of rotatable bonds is 14. The Morgan fingerprint density at radius 2 is 1.65 bits per heavy atom. The van der Waals surface area contributed by atoms with E-state index in [0.29, 0.717) is 30.0 Å². The van der Waals surface area contributed by atoms with Crippen molar-refractivity contribution in [2.45, 2.75) is 108 Å². The average Bonchev–Trinajstić information content (AvgIpc) is 3.81. The van der Waals surface area contributed by atoms with E-state index in [9.17, 15) is 28.4 Å². The normalized spacial score (nSPS) is 20.0. The van der Waals surface area contributed by atoms with E-state index < -0.39 is 59.0 Å². The minimum atomic E-state index is -1.25. The molecule has 10 nitrogen and oxygen atoms in total. The summed E-state index contributed by atoms with van der Waals surface area (Å²) in [6.07, 6.45) is 5.40. The molecule has 3 fully saturated rings. The van der Waals surface area contributed by atoms with Crippen LogP contribution < -0.4 is 21.3 Å². The maximum absolute atomic E-state index is 14.0. The number of benzene rings is 2. The lowest BCUT2D eigenvalue weighted by Crippen LogP contribution is -2.55. The monoisotopic (exact) mass is 696 g/mol. The number of nitrogens with one attached hydrogen (secondary N) is 4. The molecule has 2 aliphatic carbocycles. The summed E-state index contributed by atoms with van der Waals surface area (Å²) in [6.45, 7) is 4.22. The number of amides is 4. The molecule has 5 rings (SSSR count). The molecule has 12 heteroatoms. The Hall–Kier alpha value is -3.99. The van der Waals surface area contributed by atoms with E-state index >= 15 is 0 Å². The van der Waals surface area contributed by atoms with E-state index in [4.69, 9.17) is 16.3 Å². The van der Waals surface area contributed by atoms with E-state index in [1.54, 1.807) is 30.3 Å². The van der Waals surface area contributed by atoms with Gasteiger partial charge < -0.3 is 26.0 Å². The molecular formula is C37H46ClFN4O6. The third-order valence-corrected chi connectivity index (χ3v) is 10.2. The Morgan fingerprint density at radius 1 is 0.939 bits per heavy atom. The van der Waals surface area contributed by atoms with Crippen molar-refractivity contribution in [3.8, 4) is 0 Å². The van der Waals surface area contributed by atoms with E-state index in [2.05, 4.69) is 21.3 Å². The van der Waals surface area contributed by atoms with Crippen LogP contribution in [0.3, 0.4) is 0 Å². The number of halogens is 2. The van der Waals surface area contributed by atoms with Crippen molar-refractivity contribution in [2.24, 2.45) is 11.8 Å². The molecule has 1 saturated heterocycles. The second-order valence-corrected chi connectivity index (χ2v) is 14.6. The Labute approximate surface area is 291 Å². The average molecular weight is 697 g/mol. The van der Waals surface area contributed by atoms with Gasteiger partial charge in [0.05, 0.1) is 6.04 Å². The molecule has 2 aromatic carbocycles. The van der Waals surface area contributed by atoms with Crippen LogP contribution in [0.1, 0.15) is 95.3 Å². The molecule has 4 N–H and O–H groups in total. The third kappa shape index (κ3) is 9.80. The Bertz CT molecular complexity index is 1520. The molecule has 4 atom stereocenters. The second-order valence-electron chi connectivity index (χ2n) is 14.2. The standard InChI is InChI=1S/C37H46ClFN4O6/c1-37(2,25-9-6-10-26(38)21-25)32(23-11-13-27(39)14-12-23)49-36(48)43-30(19-22-7-4-3-5-8-22)34(46)42-29(20-24-17-18-40-33(24)45)31(44)35(47)41-28-15-16-28/h6,9-14,21-22,24,28-30,32H,3-5,7-8,15-20H2,1-2H3,(H,40,45)(H,41,47)(H,42,46)(H,43,48)/t24-,29?,30?,32?/m0/s1. The molecular weight excluding hydrogens is 651 g/mol. The van der Waals surface area contributed by atoms with Gasteiger partial charge in [0, 0.05) is 28.9 Å². The lowest BCUT2D eigenvalue weighted by atomic mass is 9.76. The number of carbonyl (C=O) groups is 5. The molecule has 0 aromatic heterocycles. The highest BCUT2D eigenvalue weighted by molar-refractivity contribution is 6.38. The van der Waals surface area contributed by atoms with Gasteiger partial charge in [0.1, 0.15) is 18.0 Å². The van der Waals surface area contributed by atoms with E-state index in [-0.39, 0.29) is 24.3 Å². The number of alkyl carbamates (subject to hydrolysis) is 1. The van der Waals surface area contributed by atoms with Crippen LogP contribution in [0.4, 0.5) is 9.18 Å². The fourth-order valence-corrected chi connectivity index (χ4v) is 7.07. The summed E-state index contributed by atoms with van der Waals surface area (Å²) in [4.78, 5) is 66.4. The molecule has 1 heterocycles. The molecule has 0 spiro atoms. The first-order valence-electron chi connectivity index (χ1n) is 17.3. The minimum Gasteiger partial charge on any atom is -0.440 e. The van der Waals surface area contributed by atoms with Crippen LogP contribution in [0.2, 0.25) is 5.02 Å². The predicted octanol–water partition coefficient (Wildman–Crippen LogP) is 5.42. The number of ether oxygens (including phenoxy) is 1. The second kappa shape index (κ2) is 16.1. The van der Waals surface area contributed by atoms with Crippen LogP contribution in [-0.4, -0.2) is 54.3 Å². The summed E-state index contributed by atoms with van der Waals surface area (Å²) in [6, 6.07) is 10.5. The fourth-order valence-electron chi connectivity index (χ4n) is 6.88.